The van der Waals surface area contributed by atoms with Crippen LogP contribution in [0.15, 0.2) is 30.3 Å². The van der Waals surface area contributed by atoms with Crippen LogP contribution in [0.1, 0.15) is 5.56 Å². The number of nitrogens with zero attached hydrogens (tertiary/aromatic N) is 1. The first-order chi connectivity index (χ1) is 7.42. The highest BCUT2D eigenvalue weighted by Gasteiger charge is 2.18. The van der Waals surface area contributed by atoms with Crippen molar-refractivity contribution in [1.29, 1.82) is 5.26 Å². The number of rotatable bonds is 3. The molecule has 0 amide bonds. The van der Waals surface area contributed by atoms with E-state index in [-0.39, 0.29) is 0 Å². The van der Waals surface area contributed by atoms with Crippen LogP contribution in [0.5, 0.6) is 0 Å². The first kappa shape index (κ1) is 12.8. The highest BCUT2D eigenvalue weighted by atomic mass is 35.5. The van der Waals surface area contributed by atoms with E-state index in [2.05, 4.69) is 19.6 Å². The lowest BCUT2D eigenvalue weighted by Gasteiger charge is -2.21. The van der Waals surface area contributed by atoms with Gasteiger partial charge in [0.05, 0.1) is 12.1 Å². The van der Waals surface area contributed by atoms with Crippen molar-refractivity contribution in [3.8, 4) is 6.07 Å². The maximum Gasteiger partial charge on any atom is 0.242 e. The second-order valence-electron chi connectivity index (χ2n) is 4.36. The Morgan fingerprint density at radius 3 is 2.31 bits per heavy atom. The van der Waals surface area contributed by atoms with E-state index in [0.29, 0.717) is 10.8 Å². The van der Waals surface area contributed by atoms with Crippen molar-refractivity contribution < 1.29 is 4.43 Å². The van der Waals surface area contributed by atoms with Crippen molar-refractivity contribution in [3.63, 3.8) is 0 Å². The summed E-state index contributed by atoms with van der Waals surface area (Å²) in [5.41, 5.74) is 0.883. The van der Waals surface area contributed by atoms with Gasteiger partial charge in [0, 0.05) is 10.6 Å². The molecule has 0 saturated carbocycles. The van der Waals surface area contributed by atoms with Gasteiger partial charge in [-0.3, -0.25) is 0 Å². The predicted molar refractivity (Wildman–Crippen MR) is 69.5 cm³/mol. The van der Waals surface area contributed by atoms with Crippen LogP contribution in [0.3, 0.4) is 0 Å². The molecule has 2 nitrogen and oxygen atoms in total. The number of nitriles is 1. The van der Waals surface area contributed by atoms with Crippen LogP contribution >= 0.6 is 11.6 Å². The molecule has 0 saturated heterocycles. The largest absolute Gasteiger partial charge is 0.543 e. The Balaban J connectivity index is 3.01. The lowest BCUT2D eigenvalue weighted by Crippen LogP contribution is -2.24. The van der Waals surface area contributed by atoms with Crippen molar-refractivity contribution in [2.45, 2.75) is 19.6 Å². The van der Waals surface area contributed by atoms with Gasteiger partial charge in [0.1, 0.15) is 5.76 Å². The Morgan fingerprint density at radius 1 is 1.31 bits per heavy atom. The minimum absolute atomic E-state index is 0.623. The summed E-state index contributed by atoms with van der Waals surface area (Å²) < 4.78 is 5.84. The van der Waals surface area contributed by atoms with E-state index in [0.717, 1.165) is 5.56 Å². The molecule has 0 heterocycles. The monoisotopic (exact) mass is 251 g/mol. The van der Waals surface area contributed by atoms with Crippen LogP contribution < -0.4 is 0 Å². The topological polar surface area (TPSA) is 33.0 Å². The third-order valence-corrected chi connectivity index (χ3v) is 2.82. The fourth-order valence-electron chi connectivity index (χ4n) is 1.17. The Labute approximate surface area is 102 Å². The van der Waals surface area contributed by atoms with E-state index in [4.69, 9.17) is 21.3 Å². The average molecular weight is 252 g/mol. The molecule has 0 N–H and O–H groups in total. The maximum absolute atomic E-state index is 8.73. The number of hydrogen-bond acceptors (Lipinski definition) is 2. The van der Waals surface area contributed by atoms with E-state index in [1.807, 2.05) is 18.2 Å². The van der Waals surface area contributed by atoms with E-state index in [1.54, 1.807) is 12.1 Å². The standard InChI is InChI=1S/C12H14ClNOSi/c1-16(2,3)15-12(8-9-14)10-4-6-11(13)7-5-10/h4-8H,1-3H3/b12-8+. The highest BCUT2D eigenvalue weighted by Crippen LogP contribution is 2.22. The molecule has 0 radical (unpaired) electrons. The van der Waals surface area contributed by atoms with Gasteiger partial charge in [-0.25, -0.2) is 0 Å². The summed E-state index contributed by atoms with van der Waals surface area (Å²) in [6, 6.07) is 9.29. The van der Waals surface area contributed by atoms with Gasteiger partial charge in [0.25, 0.3) is 0 Å². The van der Waals surface area contributed by atoms with Crippen LogP contribution in [-0.4, -0.2) is 8.32 Å². The Bertz CT molecular complexity index is 426. The minimum atomic E-state index is -1.71. The van der Waals surface area contributed by atoms with Crippen molar-refractivity contribution >= 4 is 25.7 Å². The van der Waals surface area contributed by atoms with Gasteiger partial charge in [-0.1, -0.05) is 11.6 Å². The van der Waals surface area contributed by atoms with Gasteiger partial charge in [0.2, 0.25) is 8.32 Å². The Hall–Kier alpha value is -1.24. The first-order valence-electron chi connectivity index (χ1n) is 4.97. The Morgan fingerprint density at radius 2 is 1.88 bits per heavy atom. The van der Waals surface area contributed by atoms with Gasteiger partial charge in [-0.05, 0) is 43.9 Å². The van der Waals surface area contributed by atoms with Gasteiger partial charge in [-0.2, -0.15) is 5.26 Å². The number of hydrogen-bond donors (Lipinski definition) is 0. The van der Waals surface area contributed by atoms with Crippen molar-refractivity contribution in [2.75, 3.05) is 0 Å². The van der Waals surface area contributed by atoms with Gasteiger partial charge in [-0.15, -0.1) is 0 Å². The molecule has 1 rings (SSSR count). The molecule has 0 fully saturated rings. The van der Waals surface area contributed by atoms with Crippen LogP contribution in [-0.2, 0) is 4.43 Å². The zero-order valence-electron chi connectivity index (χ0n) is 9.62. The molecule has 84 valence electrons. The smallest absolute Gasteiger partial charge is 0.242 e. The van der Waals surface area contributed by atoms with Gasteiger partial charge >= 0.3 is 0 Å². The van der Waals surface area contributed by atoms with Crippen molar-refractivity contribution in [1.82, 2.24) is 0 Å². The molecule has 0 aliphatic carbocycles. The van der Waals surface area contributed by atoms with Crippen LogP contribution in [0, 0.1) is 11.3 Å². The quantitative estimate of drug-likeness (QED) is 0.461. The molecule has 0 spiro atoms. The molecule has 0 aliphatic rings. The van der Waals surface area contributed by atoms with Gasteiger partial charge < -0.3 is 4.43 Å². The maximum atomic E-state index is 8.73. The molecular formula is C12H14ClNOSi. The Kier molecular flexibility index (Phi) is 4.16. The molecule has 0 atom stereocenters. The summed E-state index contributed by atoms with van der Waals surface area (Å²) in [7, 11) is -1.71. The average Bonchev–Trinajstić information content (AvgIpc) is 2.16. The van der Waals surface area contributed by atoms with Crippen molar-refractivity contribution in [3.05, 3.63) is 40.9 Å². The zero-order valence-corrected chi connectivity index (χ0v) is 11.4. The minimum Gasteiger partial charge on any atom is -0.543 e. The van der Waals surface area contributed by atoms with Crippen LogP contribution in [0.25, 0.3) is 5.76 Å². The van der Waals surface area contributed by atoms with Gasteiger partial charge in [0.15, 0.2) is 0 Å². The van der Waals surface area contributed by atoms with Crippen LogP contribution in [0.4, 0.5) is 0 Å². The number of benzene rings is 1. The summed E-state index contributed by atoms with van der Waals surface area (Å²) in [6.45, 7) is 6.23. The predicted octanol–water partition coefficient (Wildman–Crippen LogP) is 4.06. The lowest BCUT2D eigenvalue weighted by atomic mass is 10.2. The highest BCUT2D eigenvalue weighted by molar-refractivity contribution is 6.70. The molecule has 0 aliphatic heterocycles. The molecule has 4 heteroatoms. The van der Waals surface area contributed by atoms with E-state index < -0.39 is 8.32 Å². The summed E-state index contributed by atoms with van der Waals surface area (Å²) in [4.78, 5) is 0. The first-order valence-corrected chi connectivity index (χ1v) is 8.76. The third kappa shape index (κ3) is 4.09. The summed E-state index contributed by atoms with van der Waals surface area (Å²) in [5.74, 6) is 0.623. The molecule has 16 heavy (non-hydrogen) atoms. The van der Waals surface area contributed by atoms with Crippen molar-refractivity contribution in [2.24, 2.45) is 0 Å². The fourth-order valence-corrected chi connectivity index (χ4v) is 2.14. The van der Waals surface area contributed by atoms with E-state index >= 15 is 0 Å². The molecule has 1 aromatic carbocycles. The molecule has 0 bridgehead atoms. The summed E-state index contributed by atoms with van der Waals surface area (Å²) in [6.07, 6.45) is 1.43. The van der Waals surface area contributed by atoms with Crippen LogP contribution in [0.2, 0.25) is 24.7 Å². The molecule has 0 aromatic heterocycles. The summed E-state index contributed by atoms with van der Waals surface area (Å²) >= 11 is 5.81. The number of halogens is 1. The SMILES string of the molecule is C[Si](C)(C)O/C(=C/C#N)c1ccc(Cl)cc1. The third-order valence-electron chi connectivity index (χ3n) is 1.74. The summed E-state index contributed by atoms with van der Waals surface area (Å²) in [5, 5.41) is 9.41. The van der Waals surface area contributed by atoms with E-state index in [1.165, 1.54) is 6.08 Å². The molecule has 1 aromatic rings. The lowest BCUT2D eigenvalue weighted by molar-refractivity contribution is 0.515. The zero-order chi connectivity index (χ0) is 12.2. The molecular weight excluding hydrogens is 238 g/mol. The second kappa shape index (κ2) is 5.20. The van der Waals surface area contributed by atoms with E-state index in [9.17, 15) is 0 Å². The second-order valence-corrected chi connectivity index (χ2v) is 9.22. The number of allylic oxidation sites excluding steroid dienone is 1. The normalized spacial score (nSPS) is 12.1. The molecule has 0 unspecified atom stereocenters. The fraction of sp³-hybridized carbons (Fsp3) is 0.250.